The summed E-state index contributed by atoms with van der Waals surface area (Å²) < 4.78 is 5.98. The third-order valence-electron chi connectivity index (χ3n) is 7.19. The minimum atomic E-state index is -0.331. The van der Waals surface area contributed by atoms with Crippen LogP contribution >= 0.6 is 11.6 Å². The molecule has 5 rings (SSSR count). The maximum absolute atomic E-state index is 12.1. The number of aromatic nitrogens is 2. The van der Waals surface area contributed by atoms with Crippen LogP contribution in [0.25, 0.3) is 22.4 Å². The molecule has 1 aliphatic rings. The number of aryl methyl sites for hydroxylation is 1. The van der Waals surface area contributed by atoms with Gasteiger partial charge in [0.15, 0.2) is 0 Å². The maximum Gasteiger partial charge on any atom is 0.319 e. The molecule has 1 saturated heterocycles. The van der Waals surface area contributed by atoms with E-state index in [0.717, 1.165) is 61.6 Å². The average molecular weight is 575 g/mol. The van der Waals surface area contributed by atoms with Crippen LogP contribution in [0.3, 0.4) is 0 Å². The number of aromatic amines is 1. The van der Waals surface area contributed by atoms with Crippen LogP contribution in [0.4, 0.5) is 16.2 Å². The molecule has 0 aliphatic carbocycles. The SMILES string of the molecule is CCc1ccc(-c2nc3c(N4CCN(CCOc5ccc(NC(=O)NC(C)(C)C)c(Cl)c5)CC4)cccc3[nH]2)cc1. The second kappa shape index (κ2) is 12.4. The molecule has 8 nitrogen and oxygen atoms in total. The number of urea groups is 1. The molecule has 0 bridgehead atoms. The van der Waals surface area contributed by atoms with Gasteiger partial charge < -0.3 is 25.3 Å². The van der Waals surface area contributed by atoms with Crippen molar-refractivity contribution in [2.24, 2.45) is 0 Å². The van der Waals surface area contributed by atoms with Gasteiger partial charge >= 0.3 is 6.03 Å². The van der Waals surface area contributed by atoms with E-state index in [0.29, 0.717) is 23.1 Å². The Labute approximate surface area is 247 Å². The zero-order valence-corrected chi connectivity index (χ0v) is 25.0. The minimum absolute atomic E-state index is 0.294. The van der Waals surface area contributed by atoms with Gasteiger partial charge in [0.1, 0.15) is 23.7 Å². The topological polar surface area (TPSA) is 85.5 Å². The van der Waals surface area contributed by atoms with Crippen LogP contribution < -0.4 is 20.3 Å². The van der Waals surface area contributed by atoms with E-state index in [1.165, 1.54) is 11.3 Å². The van der Waals surface area contributed by atoms with E-state index in [-0.39, 0.29) is 11.6 Å². The lowest BCUT2D eigenvalue weighted by molar-refractivity contribution is 0.200. The highest BCUT2D eigenvalue weighted by Gasteiger charge is 2.20. The van der Waals surface area contributed by atoms with Crippen LogP contribution in [-0.4, -0.2) is 65.8 Å². The zero-order valence-electron chi connectivity index (χ0n) is 24.3. The summed E-state index contributed by atoms with van der Waals surface area (Å²) in [6, 6.07) is 20.0. The normalized spacial score (nSPS) is 14.3. The van der Waals surface area contributed by atoms with E-state index in [9.17, 15) is 4.79 Å². The number of hydrogen-bond acceptors (Lipinski definition) is 5. The quantitative estimate of drug-likeness (QED) is 0.222. The van der Waals surface area contributed by atoms with E-state index in [4.69, 9.17) is 21.3 Å². The number of fused-ring (bicyclic) bond motifs is 1. The van der Waals surface area contributed by atoms with Crippen molar-refractivity contribution < 1.29 is 9.53 Å². The standard InChI is InChI=1S/C32H39ClN6O2/c1-5-22-9-11-23(12-10-22)30-34-27-7-6-8-28(29(27)36-30)39-17-15-38(16-18-39)19-20-41-24-13-14-26(25(33)21-24)35-31(40)37-32(2,3)4/h6-14,21H,5,15-20H2,1-4H3,(H,34,36)(H2,35,37,40). The molecule has 2 heterocycles. The van der Waals surface area contributed by atoms with Crippen molar-refractivity contribution in [3.63, 3.8) is 0 Å². The van der Waals surface area contributed by atoms with Gasteiger partial charge in [-0.2, -0.15) is 0 Å². The van der Waals surface area contributed by atoms with E-state index in [1.54, 1.807) is 12.1 Å². The predicted molar refractivity (Wildman–Crippen MR) is 168 cm³/mol. The van der Waals surface area contributed by atoms with Gasteiger partial charge in [-0.3, -0.25) is 4.90 Å². The summed E-state index contributed by atoms with van der Waals surface area (Å²) in [4.78, 5) is 25.5. The first-order valence-electron chi connectivity index (χ1n) is 14.3. The number of anilines is 2. The summed E-state index contributed by atoms with van der Waals surface area (Å²) in [6.45, 7) is 13.1. The van der Waals surface area contributed by atoms with Crippen molar-refractivity contribution in [2.75, 3.05) is 49.5 Å². The van der Waals surface area contributed by atoms with Crippen LogP contribution in [0.2, 0.25) is 5.02 Å². The molecule has 0 unspecified atom stereocenters. The number of benzene rings is 3. The lowest BCUT2D eigenvalue weighted by atomic mass is 10.1. The summed E-state index contributed by atoms with van der Waals surface area (Å²) in [5, 5.41) is 6.09. The minimum Gasteiger partial charge on any atom is -0.492 e. The highest BCUT2D eigenvalue weighted by molar-refractivity contribution is 6.33. The number of ether oxygens (including phenoxy) is 1. The maximum atomic E-state index is 12.1. The number of hydrogen-bond donors (Lipinski definition) is 3. The molecule has 3 N–H and O–H groups in total. The van der Waals surface area contributed by atoms with Gasteiger partial charge in [-0.05, 0) is 57.0 Å². The number of halogens is 1. The molecule has 1 aromatic heterocycles. The van der Waals surface area contributed by atoms with Crippen molar-refractivity contribution in [2.45, 2.75) is 39.7 Å². The number of nitrogens with one attached hydrogen (secondary N) is 3. The number of H-pyrrole nitrogens is 1. The lowest BCUT2D eigenvalue weighted by Gasteiger charge is -2.36. The third kappa shape index (κ3) is 7.31. The third-order valence-corrected chi connectivity index (χ3v) is 7.51. The van der Waals surface area contributed by atoms with Crippen molar-refractivity contribution in [3.05, 3.63) is 71.2 Å². The monoisotopic (exact) mass is 574 g/mol. The number of nitrogens with zero attached hydrogens (tertiary/aromatic N) is 3. The smallest absolute Gasteiger partial charge is 0.319 e. The summed E-state index contributed by atoms with van der Waals surface area (Å²) in [6.07, 6.45) is 1.03. The number of amides is 2. The molecule has 0 saturated carbocycles. The molecule has 216 valence electrons. The Hall–Kier alpha value is -3.75. The molecule has 1 aliphatic heterocycles. The molecule has 4 aromatic rings. The van der Waals surface area contributed by atoms with Gasteiger partial charge in [0.25, 0.3) is 0 Å². The fraction of sp³-hybridized carbons (Fsp3) is 0.375. The number of para-hydroxylation sites is 1. The second-order valence-corrected chi connectivity index (χ2v) is 11.9. The number of carbonyl (C=O) groups excluding carboxylic acids is 1. The van der Waals surface area contributed by atoms with Crippen LogP contribution in [0.1, 0.15) is 33.3 Å². The summed E-state index contributed by atoms with van der Waals surface area (Å²) >= 11 is 6.39. The van der Waals surface area contributed by atoms with Gasteiger partial charge in [0.2, 0.25) is 0 Å². The van der Waals surface area contributed by atoms with Crippen LogP contribution in [0.15, 0.2) is 60.7 Å². The van der Waals surface area contributed by atoms with Crippen LogP contribution in [0, 0.1) is 0 Å². The van der Waals surface area contributed by atoms with E-state index >= 15 is 0 Å². The fourth-order valence-electron chi connectivity index (χ4n) is 4.99. The van der Waals surface area contributed by atoms with Crippen LogP contribution in [0.5, 0.6) is 5.75 Å². The molecule has 0 radical (unpaired) electrons. The van der Waals surface area contributed by atoms with Crippen molar-refractivity contribution in [1.29, 1.82) is 0 Å². The highest BCUT2D eigenvalue weighted by atomic mass is 35.5. The molecule has 0 spiro atoms. The van der Waals surface area contributed by atoms with Gasteiger partial charge in [0.05, 0.1) is 21.9 Å². The number of carbonyl (C=O) groups is 1. The van der Waals surface area contributed by atoms with E-state index < -0.39 is 0 Å². The molecule has 1 fully saturated rings. The number of piperazine rings is 1. The Morgan fingerprint density at radius 2 is 1.80 bits per heavy atom. The molecule has 0 atom stereocenters. The Balaban J connectivity index is 1.13. The molecule has 41 heavy (non-hydrogen) atoms. The number of rotatable bonds is 8. The van der Waals surface area contributed by atoms with Gasteiger partial charge in [-0.1, -0.05) is 48.9 Å². The second-order valence-electron chi connectivity index (χ2n) is 11.5. The molecule has 9 heteroatoms. The molecular weight excluding hydrogens is 536 g/mol. The summed E-state index contributed by atoms with van der Waals surface area (Å²) in [5.74, 6) is 1.59. The first-order chi connectivity index (χ1) is 19.7. The molecule has 3 aromatic carbocycles. The summed E-state index contributed by atoms with van der Waals surface area (Å²) in [7, 11) is 0. The lowest BCUT2D eigenvalue weighted by Crippen LogP contribution is -2.47. The first kappa shape index (κ1) is 28.8. The van der Waals surface area contributed by atoms with Crippen molar-refractivity contribution in [1.82, 2.24) is 20.2 Å². The Bertz CT molecular complexity index is 1490. The largest absolute Gasteiger partial charge is 0.492 e. The Morgan fingerprint density at radius 3 is 2.49 bits per heavy atom. The van der Waals surface area contributed by atoms with Crippen molar-refractivity contribution in [3.8, 4) is 17.1 Å². The Kier molecular flexibility index (Phi) is 8.71. The number of imidazole rings is 1. The van der Waals surface area contributed by atoms with Crippen molar-refractivity contribution >= 4 is 40.0 Å². The molecular formula is C32H39ClN6O2. The fourth-order valence-corrected chi connectivity index (χ4v) is 5.21. The molecule has 2 amide bonds. The van der Waals surface area contributed by atoms with Crippen LogP contribution in [-0.2, 0) is 6.42 Å². The average Bonchev–Trinajstić information content (AvgIpc) is 3.39. The van der Waals surface area contributed by atoms with Gasteiger partial charge in [-0.25, -0.2) is 9.78 Å². The van der Waals surface area contributed by atoms with Gasteiger partial charge in [0, 0.05) is 49.9 Å². The van der Waals surface area contributed by atoms with E-state index in [1.807, 2.05) is 26.8 Å². The first-order valence-corrected chi connectivity index (χ1v) is 14.6. The highest BCUT2D eigenvalue weighted by Crippen LogP contribution is 2.30. The van der Waals surface area contributed by atoms with E-state index in [2.05, 4.69) is 74.8 Å². The Morgan fingerprint density at radius 1 is 1.05 bits per heavy atom. The van der Waals surface area contributed by atoms with Gasteiger partial charge in [-0.15, -0.1) is 0 Å². The predicted octanol–water partition coefficient (Wildman–Crippen LogP) is 6.57. The zero-order chi connectivity index (χ0) is 29.0. The summed E-state index contributed by atoms with van der Waals surface area (Å²) in [5.41, 5.74) is 5.89.